The summed E-state index contributed by atoms with van der Waals surface area (Å²) in [4.78, 5) is 24.7. The van der Waals surface area contributed by atoms with Gasteiger partial charge in [-0.1, -0.05) is 50.2 Å². The summed E-state index contributed by atoms with van der Waals surface area (Å²) in [7, 11) is 0. The molecule has 0 heterocycles. The van der Waals surface area contributed by atoms with E-state index in [0.717, 1.165) is 11.1 Å². The van der Waals surface area contributed by atoms with E-state index in [-0.39, 0.29) is 24.2 Å². The van der Waals surface area contributed by atoms with Gasteiger partial charge in [0.2, 0.25) is 0 Å². The number of hydrogen-bond acceptors (Lipinski definition) is 4. The summed E-state index contributed by atoms with van der Waals surface area (Å²) in [5, 5.41) is 20.2. The number of aliphatic carboxylic acids is 2. The summed E-state index contributed by atoms with van der Waals surface area (Å²) in [5.74, 6) is -2.61. The Bertz CT molecular complexity index is 812. The maximum atomic E-state index is 12.4. The fourth-order valence-electron chi connectivity index (χ4n) is 3.56. The zero-order valence-electron chi connectivity index (χ0n) is 16.2. The van der Waals surface area contributed by atoms with Gasteiger partial charge in [0.25, 0.3) is 0 Å². The van der Waals surface area contributed by atoms with E-state index < -0.39 is 11.9 Å². The van der Waals surface area contributed by atoms with Crippen LogP contribution in [0.5, 0.6) is 0 Å². The summed E-state index contributed by atoms with van der Waals surface area (Å²) < 4.78 is 0. The molecule has 2 aromatic rings. The number of benzene rings is 2. The standard InChI is InChI=1S/C22H26N2O4/c1-3-13-7-5-9-15(11-23)17(13)19(21(25)26)20(22(27)28)18-14(4-2)8-6-10-16(18)12-24/h5-10H,3-4,11-12,23-24H2,1-2H3,(H,25,26)(H,27,28)/b20-19-. The molecule has 6 nitrogen and oxygen atoms in total. The van der Waals surface area contributed by atoms with Crippen LogP contribution in [0.2, 0.25) is 0 Å². The molecule has 28 heavy (non-hydrogen) atoms. The van der Waals surface area contributed by atoms with E-state index in [4.69, 9.17) is 11.5 Å². The molecule has 2 rings (SSSR count). The van der Waals surface area contributed by atoms with Crippen LogP contribution in [-0.4, -0.2) is 22.2 Å². The van der Waals surface area contributed by atoms with E-state index in [2.05, 4.69) is 0 Å². The fraction of sp³-hybridized carbons (Fsp3) is 0.273. The summed E-state index contributed by atoms with van der Waals surface area (Å²) in [6.07, 6.45) is 1.10. The van der Waals surface area contributed by atoms with Crippen LogP contribution in [-0.2, 0) is 35.5 Å². The molecule has 0 fully saturated rings. The van der Waals surface area contributed by atoms with Crippen molar-refractivity contribution in [3.8, 4) is 0 Å². The highest BCUT2D eigenvalue weighted by Gasteiger charge is 2.29. The molecule has 0 aromatic heterocycles. The van der Waals surface area contributed by atoms with Gasteiger partial charge in [0.05, 0.1) is 11.1 Å². The Morgan fingerprint density at radius 3 is 1.29 bits per heavy atom. The van der Waals surface area contributed by atoms with Crippen LogP contribution in [0.3, 0.4) is 0 Å². The third kappa shape index (κ3) is 3.98. The van der Waals surface area contributed by atoms with E-state index in [1.807, 2.05) is 13.8 Å². The van der Waals surface area contributed by atoms with Crippen LogP contribution in [0.15, 0.2) is 36.4 Å². The maximum Gasteiger partial charge on any atom is 0.337 e. The van der Waals surface area contributed by atoms with E-state index in [9.17, 15) is 19.8 Å². The SMILES string of the molecule is CCc1cccc(CN)c1/C(C(=O)O)=C(/C(=O)O)c1c(CC)cccc1CN. The first-order valence-corrected chi connectivity index (χ1v) is 9.24. The minimum Gasteiger partial charge on any atom is -0.478 e. The first-order valence-electron chi connectivity index (χ1n) is 9.24. The van der Waals surface area contributed by atoms with Gasteiger partial charge in [0.15, 0.2) is 0 Å². The predicted molar refractivity (Wildman–Crippen MR) is 110 cm³/mol. The van der Waals surface area contributed by atoms with Crippen LogP contribution in [0.25, 0.3) is 11.1 Å². The lowest BCUT2D eigenvalue weighted by atomic mass is 9.84. The van der Waals surface area contributed by atoms with Crippen molar-refractivity contribution in [3.63, 3.8) is 0 Å². The normalized spacial score (nSPS) is 11.9. The van der Waals surface area contributed by atoms with E-state index in [1.165, 1.54) is 0 Å². The molecule has 2 aromatic carbocycles. The molecule has 0 saturated carbocycles. The highest BCUT2D eigenvalue weighted by molar-refractivity contribution is 6.37. The van der Waals surface area contributed by atoms with Gasteiger partial charge in [-0.25, -0.2) is 9.59 Å². The predicted octanol–water partition coefficient (Wildman–Crippen LogP) is 2.81. The van der Waals surface area contributed by atoms with Crippen LogP contribution < -0.4 is 11.5 Å². The quantitative estimate of drug-likeness (QED) is 0.411. The monoisotopic (exact) mass is 382 g/mol. The van der Waals surface area contributed by atoms with Gasteiger partial charge < -0.3 is 21.7 Å². The van der Waals surface area contributed by atoms with Crippen molar-refractivity contribution >= 4 is 23.1 Å². The van der Waals surface area contributed by atoms with Crippen molar-refractivity contribution in [1.82, 2.24) is 0 Å². The first kappa shape index (κ1) is 21.3. The smallest absolute Gasteiger partial charge is 0.337 e. The number of carbonyl (C=O) groups is 2. The number of carboxylic acid groups (broad SMARTS) is 2. The summed E-state index contributed by atoms with van der Waals surface area (Å²) in [6, 6.07) is 10.7. The minimum absolute atomic E-state index is 0.103. The molecular weight excluding hydrogens is 356 g/mol. The summed E-state index contributed by atoms with van der Waals surface area (Å²) >= 11 is 0. The molecule has 0 unspecified atom stereocenters. The molecule has 0 radical (unpaired) electrons. The Morgan fingerprint density at radius 1 is 0.714 bits per heavy atom. The third-order valence-electron chi connectivity index (χ3n) is 4.85. The Hall–Kier alpha value is -2.96. The van der Waals surface area contributed by atoms with Crippen LogP contribution in [0, 0.1) is 0 Å². The fourth-order valence-corrected chi connectivity index (χ4v) is 3.56. The lowest BCUT2D eigenvalue weighted by molar-refractivity contribution is -0.132. The molecule has 0 aliphatic heterocycles. The van der Waals surface area contributed by atoms with Gasteiger partial charge in [-0.3, -0.25) is 0 Å². The van der Waals surface area contributed by atoms with E-state index in [0.29, 0.717) is 35.1 Å². The molecule has 0 saturated heterocycles. The highest BCUT2D eigenvalue weighted by Crippen LogP contribution is 2.35. The van der Waals surface area contributed by atoms with Crippen LogP contribution >= 0.6 is 0 Å². The number of rotatable bonds is 8. The molecule has 0 aliphatic rings. The second-order valence-corrected chi connectivity index (χ2v) is 6.38. The molecule has 6 heteroatoms. The van der Waals surface area contributed by atoms with Gasteiger partial charge >= 0.3 is 11.9 Å². The average Bonchev–Trinajstić information content (AvgIpc) is 2.70. The second kappa shape index (κ2) is 9.30. The maximum absolute atomic E-state index is 12.4. The van der Waals surface area contributed by atoms with Gasteiger partial charge in [-0.2, -0.15) is 0 Å². The topological polar surface area (TPSA) is 127 Å². The average molecular weight is 382 g/mol. The van der Waals surface area contributed by atoms with Crippen molar-refractivity contribution < 1.29 is 19.8 Å². The molecule has 0 amide bonds. The molecule has 0 bridgehead atoms. The first-order chi connectivity index (χ1) is 13.4. The van der Waals surface area contributed by atoms with Crippen molar-refractivity contribution in [2.24, 2.45) is 11.5 Å². The lowest BCUT2D eigenvalue weighted by Crippen LogP contribution is -2.17. The Morgan fingerprint density at radius 2 is 1.04 bits per heavy atom. The Kier molecular flexibility index (Phi) is 7.09. The zero-order valence-corrected chi connectivity index (χ0v) is 16.2. The number of hydrogen-bond donors (Lipinski definition) is 4. The largest absolute Gasteiger partial charge is 0.478 e. The van der Waals surface area contributed by atoms with Crippen LogP contribution in [0.1, 0.15) is 47.2 Å². The number of carboxylic acids is 2. The van der Waals surface area contributed by atoms with Crippen LogP contribution in [0.4, 0.5) is 0 Å². The summed E-state index contributed by atoms with van der Waals surface area (Å²) in [5.41, 5.74) is 14.6. The van der Waals surface area contributed by atoms with E-state index >= 15 is 0 Å². The van der Waals surface area contributed by atoms with Crippen molar-refractivity contribution in [2.75, 3.05) is 0 Å². The summed E-state index contributed by atoms with van der Waals surface area (Å²) in [6.45, 7) is 3.99. The molecule has 0 spiro atoms. The number of aryl methyl sites for hydroxylation is 2. The Balaban J connectivity index is 3.08. The third-order valence-corrected chi connectivity index (χ3v) is 4.85. The van der Waals surface area contributed by atoms with Gasteiger partial charge in [0, 0.05) is 13.1 Å². The molecular formula is C22H26N2O4. The Labute approximate surface area is 164 Å². The van der Waals surface area contributed by atoms with Crippen molar-refractivity contribution in [2.45, 2.75) is 39.8 Å². The van der Waals surface area contributed by atoms with Gasteiger partial charge in [0.1, 0.15) is 0 Å². The minimum atomic E-state index is -1.30. The zero-order chi connectivity index (χ0) is 20.8. The lowest BCUT2D eigenvalue weighted by Gasteiger charge is -2.20. The van der Waals surface area contributed by atoms with E-state index in [1.54, 1.807) is 36.4 Å². The highest BCUT2D eigenvalue weighted by atomic mass is 16.4. The molecule has 0 atom stereocenters. The number of nitrogens with two attached hydrogens (primary N) is 2. The second-order valence-electron chi connectivity index (χ2n) is 6.38. The van der Waals surface area contributed by atoms with Crippen molar-refractivity contribution in [3.05, 3.63) is 69.8 Å². The molecule has 148 valence electrons. The van der Waals surface area contributed by atoms with Gasteiger partial charge in [-0.15, -0.1) is 0 Å². The molecule has 0 aliphatic carbocycles. The van der Waals surface area contributed by atoms with Crippen molar-refractivity contribution in [1.29, 1.82) is 0 Å². The molecule has 6 N–H and O–H groups in total. The van der Waals surface area contributed by atoms with Gasteiger partial charge in [-0.05, 0) is 46.2 Å².